The smallest absolute Gasteiger partial charge is 0.870 e. The Labute approximate surface area is 58.5 Å². The molecule has 0 heterocycles. The summed E-state index contributed by atoms with van der Waals surface area (Å²) in [5.41, 5.74) is 0. The van der Waals surface area contributed by atoms with Crippen LogP contribution in [0.3, 0.4) is 0 Å². The summed E-state index contributed by atoms with van der Waals surface area (Å²) in [6.07, 6.45) is 0. The fraction of sp³-hybridized carbons (Fsp3) is 0. The molecule has 7 heteroatoms. The van der Waals surface area contributed by atoms with Crippen LogP contribution in [-0.2, 0) is 13.0 Å². The van der Waals surface area contributed by atoms with Crippen molar-refractivity contribution < 1.29 is 29.4 Å². The largest absolute Gasteiger partial charge is 0.870 e. The zero-order valence-electron chi connectivity index (χ0n) is 2.83. The van der Waals surface area contributed by atoms with Gasteiger partial charge in [-0.3, -0.25) is 0 Å². The molecular formula is H3Cl3O3Ru. The molecule has 0 bridgehead atoms. The van der Waals surface area contributed by atoms with Crippen molar-refractivity contribution in [3.05, 3.63) is 0 Å². The van der Waals surface area contributed by atoms with Gasteiger partial charge in [0.15, 0.2) is 0 Å². The Morgan fingerprint density at radius 2 is 0.714 bits per heavy atom. The summed E-state index contributed by atoms with van der Waals surface area (Å²) in [5.74, 6) is 0. The molecule has 3 nitrogen and oxygen atoms in total. The third kappa shape index (κ3) is 113. The van der Waals surface area contributed by atoms with E-state index in [0.29, 0.717) is 0 Å². The molecule has 0 aliphatic rings. The van der Waals surface area contributed by atoms with Crippen LogP contribution >= 0.6 is 29.1 Å². The predicted octanol–water partition coefficient (Wildman–Crippen LogP) is 1.54. The standard InChI is InChI=1S/3ClH.3H2O.Ru/h3*1H;3*1H2;/q;;;;;;+6/p-6. The van der Waals surface area contributed by atoms with E-state index in [1.54, 1.807) is 0 Å². The molecule has 3 N–H and O–H groups in total. The van der Waals surface area contributed by atoms with Gasteiger partial charge in [-0.2, -0.15) is 0 Å². The molecule has 0 aliphatic carbocycles. The van der Waals surface area contributed by atoms with E-state index in [9.17, 15) is 0 Å². The number of halogens is 3. The van der Waals surface area contributed by atoms with Gasteiger partial charge in [-0.1, -0.05) is 0 Å². The molecule has 0 fully saturated rings. The zero-order valence-corrected chi connectivity index (χ0v) is 6.83. The van der Waals surface area contributed by atoms with E-state index >= 15 is 0 Å². The van der Waals surface area contributed by atoms with E-state index in [2.05, 4.69) is 0 Å². The minimum absolute atomic E-state index is 0. The third-order valence-corrected chi connectivity index (χ3v) is 0. The fourth-order valence-corrected chi connectivity index (χ4v) is 0. The first kappa shape index (κ1) is 23.8. The number of hydrogen-bond acceptors (Lipinski definition) is 3. The van der Waals surface area contributed by atoms with Crippen LogP contribution < -0.4 is 0 Å². The van der Waals surface area contributed by atoms with Crippen LogP contribution in [0.1, 0.15) is 0 Å². The van der Waals surface area contributed by atoms with E-state index in [4.69, 9.17) is 29.1 Å². The monoisotopic (exact) mass is 258 g/mol. The molecule has 0 unspecified atom stereocenters. The van der Waals surface area contributed by atoms with Gasteiger partial charge in [0, 0.05) is 0 Å². The van der Waals surface area contributed by atoms with Crippen molar-refractivity contribution in [2.75, 3.05) is 0 Å². The molecule has 7 heavy (non-hydrogen) atoms. The minimum Gasteiger partial charge on any atom is -0.870 e. The number of hydrogen-bond donors (Lipinski definition) is 0. The van der Waals surface area contributed by atoms with Gasteiger partial charge in [-0.25, -0.2) is 0 Å². The molecule has 0 spiro atoms. The average Bonchev–Trinajstić information content (AvgIpc) is 0.811. The Kier molecular flexibility index (Phi) is 53.2. The predicted molar refractivity (Wildman–Crippen MR) is 23.4 cm³/mol. The van der Waals surface area contributed by atoms with Crippen molar-refractivity contribution in [1.29, 1.82) is 0 Å². The van der Waals surface area contributed by atoms with Gasteiger partial charge in [0.2, 0.25) is 0 Å². The Morgan fingerprint density at radius 3 is 0.714 bits per heavy atom. The van der Waals surface area contributed by atoms with Crippen LogP contribution in [0.25, 0.3) is 0 Å². The maximum Gasteiger partial charge on any atom is -0.870 e. The Balaban J connectivity index is -0.0000000150. The minimum atomic E-state index is -1.75. The molecule has 0 saturated heterocycles. The van der Waals surface area contributed by atoms with E-state index in [1.807, 2.05) is 0 Å². The first-order valence-electron chi connectivity index (χ1n) is 0.401. The number of rotatable bonds is 0. The van der Waals surface area contributed by atoms with Crippen molar-refractivity contribution >= 4 is 29.1 Å². The van der Waals surface area contributed by atoms with E-state index in [1.165, 1.54) is 0 Å². The SMILES string of the molecule is [Cl][Ru+3]([Cl])[Cl].[OH-].[OH-].[OH-]. The first-order valence-corrected chi connectivity index (χ1v) is 7.12. The van der Waals surface area contributed by atoms with Crippen molar-refractivity contribution in [2.45, 2.75) is 0 Å². The average molecular weight is 258 g/mol. The van der Waals surface area contributed by atoms with E-state index in [-0.39, 0.29) is 16.4 Å². The topological polar surface area (TPSA) is 90.0 Å². The van der Waals surface area contributed by atoms with E-state index < -0.39 is 13.0 Å². The van der Waals surface area contributed by atoms with Gasteiger partial charge in [0.05, 0.1) is 0 Å². The van der Waals surface area contributed by atoms with Gasteiger partial charge in [0.1, 0.15) is 0 Å². The molecule has 0 amide bonds. The normalized spacial score (nSPS) is 5.14. The summed E-state index contributed by atoms with van der Waals surface area (Å²) in [6.45, 7) is 0. The van der Waals surface area contributed by atoms with Crippen LogP contribution in [0.15, 0.2) is 0 Å². The molecule has 50 valence electrons. The van der Waals surface area contributed by atoms with Crippen LogP contribution in [0.2, 0.25) is 0 Å². The van der Waals surface area contributed by atoms with Crippen LogP contribution in [-0.4, -0.2) is 16.4 Å². The van der Waals surface area contributed by atoms with Crippen LogP contribution in [0.5, 0.6) is 0 Å². The maximum atomic E-state index is 4.95. The molecule has 0 aliphatic heterocycles. The summed E-state index contributed by atoms with van der Waals surface area (Å²) < 4.78 is 0. The molecule has 0 aromatic rings. The second-order valence-electron chi connectivity index (χ2n) is 0.152. The molecule has 0 aromatic carbocycles. The summed E-state index contributed by atoms with van der Waals surface area (Å²) in [4.78, 5) is 0. The summed E-state index contributed by atoms with van der Waals surface area (Å²) >= 11 is -1.75. The molecule has 0 rings (SSSR count). The van der Waals surface area contributed by atoms with Crippen molar-refractivity contribution in [3.63, 3.8) is 0 Å². The van der Waals surface area contributed by atoms with Gasteiger partial charge in [-0.05, 0) is 0 Å². The third-order valence-electron chi connectivity index (χ3n) is 0. The second-order valence-corrected chi connectivity index (χ2v) is 8.07. The molecule has 0 saturated carbocycles. The summed E-state index contributed by atoms with van der Waals surface area (Å²) in [6, 6.07) is 0. The molecule has 0 aromatic heterocycles. The van der Waals surface area contributed by atoms with Crippen LogP contribution in [0.4, 0.5) is 0 Å². The molecular weight excluding hydrogens is 255 g/mol. The zero-order chi connectivity index (χ0) is 3.58. The second kappa shape index (κ2) is 15.7. The summed E-state index contributed by atoms with van der Waals surface area (Å²) in [5, 5.41) is 0. The molecule has 0 radical (unpaired) electrons. The van der Waals surface area contributed by atoms with Gasteiger partial charge in [0.25, 0.3) is 0 Å². The fourth-order valence-electron chi connectivity index (χ4n) is 0. The quantitative estimate of drug-likeness (QED) is 0.617. The Hall–Kier alpha value is 1.37. The van der Waals surface area contributed by atoms with E-state index in [0.717, 1.165) is 0 Å². The van der Waals surface area contributed by atoms with Gasteiger partial charge < -0.3 is 16.4 Å². The van der Waals surface area contributed by atoms with Crippen molar-refractivity contribution in [3.8, 4) is 0 Å². The summed E-state index contributed by atoms with van der Waals surface area (Å²) in [7, 11) is 14.8. The Morgan fingerprint density at radius 1 is 0.714 bits per heavy atom. The van der Waals surface area contributed by atoms with Crippen molar-refractivity contribution in [2.24, 2.45) is 0 Å². The van der Waals surface area contributed by atoms with Crippen LogP contribution in [0, 0.1) is 0 Å². The first-order chi connectivity index (χ1) is 1.73. The van der Waals surface area contributed by atoms with Gasteiger partial charge in [-0.15, -0.1) is 0 Å². The van der Waals surface area contributed by atoms with Crippen molar-refractivity contribution in [1.82, 2.24) is 0 Å². The van der Waals surface area contributed by atoms with Gasteiger partial charge >= 0.3 is 42.1 Å². The maximum absolute atomic E-state index is 4.95. The molecule has 0 atom stereocenters. The Bertz CT molecular complexity index is 14.9.